The zero-order valence-electron chi connectivity index (χ0n) is 9.41. The monoisotopic (exact) mass is 356 g/mol. The van der Waals surface area contributed by atoms with Crippen LogP contribution in [0, 0.1) is 0 Å². The van der Waals surface area contributed by atoms with Crippen molar-refractivity contribution in [1.82, 2.24) is 0 Å². The topological polar surface area (TPSA) is 13.1 Å². The van der Waals surface area contributed by atoms with Crippen LogP contribution in [-0.2, 0) is 0 Å². The Bertz CT molecular complexity index is 597. The van der Waals surface area contributed by atoms with Gasteiger partial charge in [0.2, 0.25) is 5.75 Å². The maximum Gasteiger partial charge on any atom is 0.257 e. The van der Waals surface area contributed by atoms with E-state index in [4.69, 9.17) is 4.74 Å². The van der Waals surface area contributed by atoms with Crippen molar-refractivity contribution in [3.8, 4) is 5.75 Å². The summed E-state index contributed by atoms with van der Waals surface area (Å²) in [4.78, 5) is 0. The number of pyridine rings is 1. The van der Waals surface area contributed by atoms with E-state index in [-0.39, 0.29) is 0 Å². The molecule has 0 N–H and O–H groups in total. The Kier molecular flexibility index (Phi) is 2.87. The molecule has 1 aromatic heterocycles. The predicted octanol–water partition coefficient (Wildman–Crippen LogP) is 4.00. The van der Waals surface area contributed by atoms with E-state index in [1.807, 2.05) is 0 Å². The molecule has 3 rings (SSSR count). The van der Waals surface area contributed by atoms with Crippen molar-refractivity contribution in [2.24, 2.45) is 0 Å². The molecule has 0 saturated heterocycles. The van der Waals surface area contributed by atoms with Crippen LogP contribution in [0.2, 0.25) is 0 Å². The second kappa shape index (κ2) is 4.25. The molecular formula is C13H12Br2NO+. The Morgan fingerprint density at radius 2 is 2.18 bits per heavy atom. The first-order valence-electron chi connectivity index (χ1n) is 5.63. The molecule has 88 valence electrons. The molecule has 2 heterocycles. The van der Waals surface area contributed by atoms with E-state index in [0.717, 1.165) is 27.7 Å². The van der Waals surface area contributed by atoms with Gasteiger partial charge in [0.15, 0.2) is 12.2 Å². The minimum Gasteiger partial charge on any atom is -0.486 e. The van der Waals surface area contributed by atoms with Crippen LogP contribution in [0.3, 0.4) is 0 Å². The fourth-order valence-corrected chi connectivity index (χ4v) is 3.69. The summed E-state index contributed by atoms with van der Waals surface area (Å²) < 4.78 is 10.3. The zero-order chi connectivity index (χ0) is 12.0. The van der Waals surface area contributed by atoms with Gasteiger partial charge >= 0.3 is 0 Å². The number of rotatable bonds is 0. The minimum absolute atomic E-state index is 0.459. The highest BCUT2D eigenvalue weighted by molar-refractivity contribution is 9.11. The Morgan fingerprint density at radius 1 is 1.35 bits per heavy atom. The second-order valence-electron chi connectivity index (χ2n) is 4.33. The Morgan fingerprint density at radius 3 is 3.00 bits per heavy atom. The molecule has 0 fully saturated rings. The molecule has 2 aromatic rings. The van der Waals surface area contributed by atoms with Crippen LogP contribution in [-0.4, -0.2) is 6.61 Å². The summed E-state index contributed by atoms with van der Waals surface area (Å²) in [6.07, 6.45) is 3.16. The third-order valence-electron chi connectivity index (χ3n) is 3.22. The smallest absolute Gasteiger partial charge is 0.257 e. The van der Waals surface area contributed by atoms with Crippen LogP contribution in [0.15, 0.2) is 33.3 Å². The van der Waals surface area contributed by atoms with Crippen molar-refractivity contribution < 1.29 is 9.30 Å². The summed E-state index contributed by atoms with van der Waals surface area (Å²) in [5.74, 6) is 0.952. The van der Waals surface area contributed by atoms with Crippen LogP contribution in [0.5, 0.6) is 5.75 Å². The first kappa shape index (κ1) is 11.5. The third-order valence-corrected chi connectivity index (χ3v) is 4.47. The van der Waals surface area contributed by atoms with Crippen LogP contribution >= 0.6 is 31.9 Å². The molecule has 0 amide bonds. The molecule has 4 heteroatoms. The summed E-state index contributed by atoms with van der Waals surface area (Å²) in [6.45, 7) is 2.99. The summed E-state index contributed by atoms with van der Waals surface area (Å²) in [5.41, 5.74) is 1.17. The van der Waals surface area contributed by atoms with Crippen molar-refractivity contribution in [2.75, 3.05) is 6.61 Å². The average molecular weight is 358 g/mol. The van der Waals surface area contributed by atoms with Gasteiger partial charge in [-0.25, -0.2) is 0 Å². The van der Waals surface area contributed by atoms with Gasteiger partial charge in [0.1, 0.15) is 0 Å². The van der Waals surface area contributed by atoms with Gasteiger partial charge in [0.05, 0.1) is 16.5 Å². The summed E-state index contributed by atoms with van der Waals surface area (Å²) in [7, 11) is 0. The number of benzene rings is 1. The highest BCUT2D eigenvalue weighted by Crippen LogP contribution is 2.38. The Hall–Kier alpha value is -0.610. The van der Waals surface area contributed by atoms with Gasteiger partial charge in [0, 0.05) is 17.0 Å². The molecule has 1 atom stereocenters. The SMILES string of the molecule is CC1CCOc2c(Br)cc(Br)c3ccc[n+]1c23. The van der Waals surface area contributed by atoms with Gasteiger partial charge in [-0.05, 0) is 50.9 Å². The number of aromatic nitrogens is 1. The molecule has 0 aliphatic carbocycles. The highest BCUT2D eigenvalue weighted by Gasteiger charge is 2.27. The average Bonchev–Trinajstić information content (AvgIpc) is 2.48. The molecule has 0 bridgehead atoms. The van der Waals surface area contributed by atoms with Crippen molar-refractivity contribution in [3.63, 3.8) is 0 Å². The second-order valence-corrected chi connectivity index (χ2v) is 6.04. The third kappa shape index (κ3) is 1.78. The number of hydrogen-bond acceptors (Lipinski definition) is 1. The summed E-state index contributed by atoms with van der Waals surface area (Å²) in [5, 5.41) is 1.19. The van der Waals surface area contributed by atoms with E-state index in [9.17, 15) is 0 Å². The lowest BCUT2D eigenvalue weighted by Gasteiger charge is -2.08. The van der Waals surface area contributed by atoms with Crippen molar-refractivity contribution in [1.29, 1.82) is 0 Å². The maximum absolute atomic E-state index is 5.89. The lowest BCUT2D eigenvalue weighted by atomic mass is 10.1. The zero-order valence-corrected chi connectivity index (χ0v) is 12.6. The van der Waals surface area contributed by atoms with E-state index in [2.05, 4.69) is 67.7 Å². The standard InChI is InChI=1S/C13H12Br2NO/c1-8-4-6-17-13-11(15)7-10(14)9-3-2-5-16(8)12(9)13/h2-3,5,7-8H,4,6H2,1H3/q+1. The fourth-order valence-electron chi connectivity index (χ4n) is 2.30. The summed E-state index contributed by atoms with van der Waals surface area (Å²) in [6, 6.07) is 6.72. The largest absolute Gasteiger partial charge is 0.486 e. The molecule has 17 heavy (non-hydrogen) atoms. The Balaban J connectivity index is 2.48. The quantitative estimate of drug-likeness (QED) is 0.649. The van der Waals surface area contributed by atoms with Crippen LogP contribution in [0.4, 0.5) is 0 Å². The van der Waals surface area contributed by atoms with Gasteiger partial charge < -0.3 is 4.74 Å². The molecule has 1 unspecified atom stereocenters. The van der Waals surface area contributed by atoms with E-state index in [1.54, 1.807) is 0 Å². The number of ether oxygens (including phenoxy) is 1. The van der Waals surface area contributed by atoms with Gasteiger partial charge in [-0.1, -0.05) is 0 Å². The number of hydrogen-bond donors (Lipinski definition) is 0. The maximum atomic E-state index is 5.89. The lowest BCUT2D eigenvalue weighted by Crippen LogP contribution is -2.37. The van der Waals surface area contributed by atoms with Crippen molar-refractivity contribution >= 4 is 42.8 Å². The number of nitrogens with zero attached hydrogens (tertiary/aromatic N) is 1. The van der Waals surface area contributed by atoms with Gasteiger partial charge in [-0.15, -0.1) is 0 Å². The lowest BCUT2D eigenvalue weighted by molar-refractivity contribution is -0.694. The van der Waals surface area contributed by atoms with E-state index < -0.39 is 0 Å². The first-order valence-corrected chi connectivity index (χ1v) is 7.22. The van der Waals surface area contributed by atoms with Gasteiger partial charge in [0.25, 0.3) is 5.52 Å². The van der Waals surface area contributed by atoms with E-state index in [1.165, 1.54) is 10.9 Å². The molecule has 0 radical (unpaired) electrons. The fraction of sp³-hybridized carbons (Fsp3) is 0.308. The van der Waals surface area contributed by atoms with E-state index >= 15 is 0 Å². The Labute approximate surface area is 117 Å². The van der Waals surface area contributed by atoms with Gasteiger partial charge in [-0.3, -0.25) is 0 Å². The molecule has 2 nitrogen and oxygen atoms in total. The molecular weight excluding hydrogens is 346 g/mol. The van der Waals surface area contributed by atoms with Crippen LogP contribution in [0.1, 0.15) is 19.4 Å². The first-order chi connectivity index (χ1) is 8.18. The molecule has 1 aliphatic heterocycles. The highest BCUT2D eigenvalue weighted by atomic mass is 79.9. The molecule has 0 spiro atoms. The van der Waals surface area contributed by atoms with Crippen molar-refractivity contribution in [3.05, 3.63) is 33.3 Å². The van der Waals surface area contributed by atoms with Crippen LogP contribution < -0.4 is 9.30 Å². The summed E-state index contributed by atoms with van der Waals surface area (Å²) >= 11 is 7.20. The van der Waals surface area contributed by atoms with E-state index in [0.29, 0.717) is 6.04 Å². The number of halogens is 2. The van der Waals surface area contributed by atoms with Crippen LogP contribution in [0.25, 0.3) is 10.9 Å². The molecule has 1 aromatic carbocycles. The molecule has 0 saturated carbocycles. The predicted molar refractivity (Wildman–Crippen MR) is 74.4 cm³/mol. The van der Waals surface area contributed by atoms with Gasteiger partial charge in [-0.2, -0.15) is 4.57 Å². The minimum atomic E-state index is 0.459. The van der Waals surface area contributed by atoms with Crippen molar-refractivity contribution in [2.45, 2.75) is 19.4 Å². The molecule has 1 aliphatic rings. The normalized spacial score (nSPS) is 18.9.